The first-order valence-electron chi connectivity index (χ1n) is 6.95. The maximum atomic E-state index is 9.06. The summed E-state index contributed by atoms with van der Waals surface area (Å²) in [6.07, 6.45) is 2.15. The second-order valence-corrected chi connectivity index (χ2v) is 5.81. The molecule has 4 heteroatoms. The van der Waals surface area contributed by atoms with Gasteiger partial charge < -0.3 is 4.90 Å². The molecular formula is C16H18ClN3. The molecule has 0 aromatic heterocycles. The molecule has 104 valence electrons. The van der Waals surface area contributed by atoms with Gasteiger partial charge in [-0.25, -0.2) is 0 Å². The van der Waals surface area contributed by atoms with Crippen molar-refractivity contribution >= 4 is 11.6 Å². The van der Waals surface area contributed by atoms with Crippen molar-refractivity contribution in [2.75, 3.05) is 19.6 Å². The van der Waals surface area contributed by atoms with Gasteiger partial charge in [0.05, 0.1) is 18.1 Å². The van der Waals surface area contributed by atoms with Crippen molar-refractivity contribution in [3.63, 3.8) is 0 Å². The Labute approximate surface area is 125 Å². The normalized spacial score (nSPS) is 16.9. The molecule has 0 amide bonds. The highest BCUT2D eigenvalue weighted by Gasteiger charge is 2.28. The molecule has 3 nitrogen and oxygen atoms in total. The van der Waals surface area contributed by atoms with Gasteiger partial charge in [0.15, 0.2) is 0 Å². The van der Waals surface area contributed by atoms with E-state index in [9.17, 15) is 0 Å². The van der Waals surface area contributed by atoms with Gasteiger partial charge >= 0.3 is 0 Å². The van der Waals surface area contributed by atoms with E-state index in [0.29, 0.717) is 18.8 Å². The molecule has 1 aromatic carbocycles. The van der Waals surface area contributed by atoms with E-state index in [1.807, 2.05) is 18.2 Å². The first-order valence-corrected chi connectivity index (χ1v) is 7.33. The summed E-state index contributed by atoms with van der Waals surface area (Å²) in [6.45, 7) is 2.84. The molecule has 1 heterocycles. The average Bonchev–Trinajstić information content (AvgIpc) is 2.42. The van der Waals surface area contributed by atoms with Crippen LogP contribution in [0.15, 0.2) is 24.3 Å². The number of nitriles is 2. The van der Waals surface area contributed by atoms with Gasteiger partial charge in [0.25, 0.3) is 0 Å². The maximum absolute atomic E-state index is 9.06. The molecule has 1 aromatic rings. The van der Waals surface area contributed by atoms with Crippen molar-refractivity contribution in [3.05, 3.63) is 34.9 Å². The third kappa shape index (κ3) is 3.97. The third-order valence-corrected chi connectivity index (χ3v) is 4.13. The van der Waals surface area contributed by atoms with Crippen LogP contribution < -0.4 is 0 Å². The van der Waals surface area contributed by atoms with Crippen molar-refractivity contribution < 1.29 is 0 Å². The Balaban J connectivity index is 1.74. The zero-order chi connectivity index (χ0) is 14.4. The zero-order valence-electron chi connectivity index (χ0n) is 11.4. The molecule has 0 unspecified atom stereocenters. The molecule has 1 aliphatic rings. The number of hydrogen-bond acceptors (Lipinski definition) is 3. The molecule has 0 N–H and O–H groups in total. The summed E-state index contributed by atoms with van der Waals surface area (Å²) in [5.74, 6) is 0.612. The van der Waals surface area contributed by atoms with Gasteiger partial charge in [-0.05, 0) is 30.4 Å². The van der Waals surface area contributed by atoms with Crippen LogP contribution in [0.4, 0.5) is 0 Å². The van der Waals surface area contributed by atoms with Gasteiger partial charge in [0.2, 0.25) is 0 Å². The fourth-order valence-corrected chi connectivity index (χ4v) is 2.89. The average molecular weight is 288 g/mol. The second kappa shape index (κ2) is 7.29. The minimum atomic E-state index is -0.0177. The van der Waals surface area contributed by atoms with Crippen LogP contribution in [0.1, 0.15) is 18.4 Å². The molecule has 0 bridgehead atoms. The standard InChI is InChI=1S/C16H18ClN3/c17-16-6-2-1-5-15(16)8-14-11-20(12-14)10-13(9-19)4-3-7-18/h1-2,5-6,13-14H,3-4,8,10-12H2/t13-/m1/s1. The molecule has 0 saturated carbocycles. The van der Waals surface area contributed by atoms with E-state index < -0.39 is 0 Å². The molecular weight excluding hydrogens is 270 g/mol. The summed E-state index contributed by atoms with van der Waals surface area (Å²) in [5, 5.41) is 18.5. The number of nitrogens with zero attached hydrogens (tertiary/aromatic N) is 3. The number of hydrogen-bond donors (Lipinski definition) is 0. The lowest BCUT2D eigenvalue weighted by molar-refractivity contribution is 0.0887. The van der Waals surface area contributed by atoms with Crippen LogP contribution >= 0.6 is 11.6 Å². The summed E-state index contributed by atoms with van der Waals surface area (Å²) >= 11 is 6.16. The summed E-state index contributed by atoms with van der Waals surface area (Å²) in [4.78, 5) is 2.30. The molecule has 1 aliphatic heterocycles. The first-order chi connectivity index (χ1) is 9.72. The molecule has 1 atom stereocenters. The van der Waals surface area contributed by atoms with Crippen LogP contribution in [0.5, 0.6) is 0 Å². The summed E-state index contributed by atoms with van der Waals surface area (Å²) in [6, 6.07) is 12.4. The lowest BCUT2D eigenvalue weighted by atomic mass is 9.90. The largest absolute Gasteiger partial charge is 0.301 e. The van der Waals surface area contributed by atoms with Crippen molar-refractivity contribution in [2.45, 2.75) is 19.3 Å². The lowest BCUT2D eigenvalue weighted by Gasteiger charge is -2.40. The van der Waals surface area contributed by atoms with Crippen LogP contribution in [0.2, 0.25) is 5.02 Å². The predicted octanol–water partition coefficient (Wildman–Crippen LogP) is 3.26. The van der Waals surface area contributed by atoms with E-state index in [1.165, 1.54) is 5.56 Å². The van der Waals surface area contributed by atoms with Crippen molar-refractivity contribution in [1.29, 1.82) is 10.5 Å². The Morgan fingerprint density at radius 3 is 2.70 bits per heavy atom. The zero-order valence-corrected chi connectivity index (χ0v) is 12.2. The van der Waals surface area contributed by atoms with Crippen molar-refractivity contribution in [1.82, 2.24) is 4.90 Å². The second-order valence-electron chi connectivity index (χ2n) is 5.40. The smallest absolute Gasteiger partial charge is 0.0669 e. The van der Waals surface area contributed by atoms with Crippen LogP contribution in [-0.4, -0.2) is 24.5 Å². The fraction of sp³-hybridized carbons (Fsp3) is 0.500. The molecule has 0 spiro atoms. The highest BCUT2D eigenvalue weighted by Crippen LogP contribution is 2.25. The number of halogens is 1. The van der Waals surface area contributed by atoms with Gasteiger partial charge in [-0.15, -0.1) is 0 Å². The van der Waals surface area contributed by atoms with Gasteiger partial charge in [0.1, 0.15) is 0 Å². The van der Waals surface area contributed by atoms with E-state index in [-0.39, 0.29) is 5.92 Å². The van der Waals surface area contributed by atoms with Crippen molar-refractivity contribution in [2.24, 2.45) is 11.8 Å². The Morgan fingerprint density at radius 2 is 2.05 bits per heavy atom. The highest BCUT2D eigenvalue weighted by molar-refractivity contribution is 6.31. The van der Waals surface area contributed by atoms with E-state index in [0.717, 1.165) is 31.1 Å². The van der Waals surface area contributed by atoms with E-state index in [2.05, 4.69) is 23.1 Å². The van der Waals surface area contributed by atoms with E-state index in [4.69, 9.17) is 22.1 Å². The Hall–Kier alpha value is -1.55. The van der Waals surface area contributed by atoms with Crippen LogP contribution in [0.25, 0.3) is 0 Å². The molecule has 20 heavy (non-hydrogen) atoms. The lowest BCUT2D eigenvalue weighted by Crippen LogP contribution is -2.49. The first kappa shape index (κ1) is 14.9. The quantitative estimate of drug-likeness (QED) is 0.807. The summed E-state index contributed by atoms with van der Waals surface area (Å²) < 4.78 is 0. The van der Waals surface area contributed by atoms with Crippen LogP contribution in [-0.2, 0) is 6.42 Å². The fourth-order valence-electron chi connectivity index (χ4n) is 2.68. The molecule has 1 fully saturated rings. The van der Waals surface area contributed by atoms with E-state index in [1.54, 1.807) is 0 Å². The van der Waals surface area contributed by atoms with Crippen molar-refractivity contribution in [3.8, 4) is 12.1 Å². The number of rotatable bonds is 6. The minimum Gasteiger partial charge on any atom is -0.301 e. The molecule has 0 aliphatic carbocycles. The van der Waals surface area contributed by atoms with Crippen LogP contribution in [0.3, 0.4) is 0 Å². The third-order valence-electron chi connectivity index (χ3n) is 3.76. The number of benzene rings is 1. The van der Waals surface area contributed by atoms with E-state index >= 15 is 0 Å². The Bertz CT molecular complexity index is 523. The van der Waals surface area contributed by atoms with Gasteiger partial charge in [0, 0.05) is 31.1 Å². The molecule has 0 radical (unpaired) electrons. The van der Waals surface area contributed by atoms with Gasteiger partial charge in [-0.1, -0.05) is 29.8 Å². The minimum absolute atomic E-state index is 0.0177. The number of likely N-dealkylation sites (tertiary alicyclic amines) is 1. The molecule has 1 saturated heterocycles. The van der Waals surface area contributed by atoms with Gasteiger partial charge in [-0.2, -0.15) is 10.5 Å². The highest BCUT2D eigenvalue weighted by atomic mass is 35.5. The van der Waals surface area contributed by atoms with Gasteiger partial charge in [-0.3, -0.25) is 0 Å². The SMILES string of the molecule is N#CCC[C@H](C#N)CN1CC(Cc2ccccc2Cl)C1. The maximum Gasteiger partial charge on any atom is 0.0669 e. The predicted molar refractivity (Wildman–Crippen MR) is 79.0 cm³/mol. The monoisotopic (exact) mass is 287 g/mol. The Morgan fingerprint density at radius 1 is 1.30 bits per heavy atom. The Kier molecular flexibility index (Phi) is 5.41. The van der Waals surface area contributed by atoms with Crippen LogP contribution in [0, 0.1) is 34.5 Å². The molecule has 2 rings (SSSR count). The summed E-state index contributed by atoms with van der Waals surface area (Å²) in [7, 11) is 0. The summed E-state index contributed by atoms with van der Waals surface area (Å²) in [5.41, 5.74) is 1.21. The topological polar surface area (TPSA) is 50.8 Å².